The molecule has 218 valence electrons. The smallest absolute Gasteiger partial charge is 0.323 e. The number of hydrogen-bond donors (Lipinski definition) is 2. The van der Waals surface area contributed by atoms with Crippen molar-refractivity contribution in [3.05, 3.63) is 90.4 Å². The lowest BCUT2D eigenvalue weighted by Crippen LogP contribution is -2.37. The third kappa shape index (κ3) is 6.02. The van der Waals surface area contributed by atoms with E-state index in [0.717, 1.165) is 52.8 Å². The highest BCUT2D eigenvalue weighted by molar-refractivity contribution is 6.01. The van der Waals surface area contributed by atoms with Gasteiger partial charge in [-0.25, -0.2) is 19.2 Å². The van der Waals surface area contributed by atoms with Crippen LogP contribution in [-0.2, 0) is 4.74 Å². The van der Waals surface area contributed by atoms with Crippen molar-refractivity contribution in [3.63, 3.8) is 0 Å². The third-order valence-electron chi connectivity index (χ3n) is 7.06. The SMILES string of the molecule is CN(C)C(=O)c1ccc(NC(=O)Nc2ccc(-c3nc(N4CCOCC4)c4ccc(-c5ccco5)cc4n3)cc2)cc1F. The van der Waals surface area contributed by atoms with E-state index < -0.39 is 17.8 Å². The Morgan fingerprint density at radius 3 is 2.30 bits per heavy atom. The van der Waals surface area contributed by atoms with Gasteiger partial charge >= 0.3 is 6.03 Å². The van der Waals surface area contributed by atoms with Gasteiger partial charge in [0, 0.05) is 55.1 Å². The maximum atomic E-state index is 14.4. The lowest BCUT2D eigenvalue weighted by atomic mass is 10.1. The van der Waals surface area contributed by atoms with E-state index >= 15 is 0 Å². The van der Waals surface area contributed by atoms with Crippen molar-refractivity contribution < 1.29 is 23.1 Å². The number of amides is 3. The molecule has 5 aromatic rings. The molecule has 0 atom stereocenters. The van der Waals surface area contributed by atoms with Crippen LogP contribution >= 0.6 is 0 Å². The van der Waals surface area contributed by atoms with Crippen molar-refractivity contribution in [2.45, 2.75) is 0 Å². The average molecular weight is 581 g/mol. The van der Waals surface area contributed by atoms with Crippen LogP contribution in [0.3, 0.4) is 0 Å². The number of fused-ring (bicyclic) bond motifs is 1. The molecule has 1 fully saturated rings. The maximum Gasteiger partial charge on any atom is 0.323 e. The van der Waals surface area contributed by atoms with E-state index in [0.29, 0.717) is 24.7 Å². The van der Waals surface area contributed by atoms with Crippen LogP contribution in [0.25, 0.3) is 33.6 Å². The molecule has 10 nitrogen and oxygen atoms in total. The van der Waals surface area contributed by atoms with Gasteiger partial charge in [-0.2, -0.15) is 0 Å². The normalized spacial score (nSPS) is 13.1. The molecule has 0 aliphatic carbocycles. The van der Waals surface area contributed by atoms with E-state index in [1.165, 1.54) is 17.0 Å². The number of urea groups is 1. The molecular weight excluding hydrogens is 551 g/mol. The van der Waals surface area contributed by atoms with Crippen molar-refractivity contribution in [1.82, 2.24) is 14.9 Å². The van der Waals surface area contributed by atoms with Crippen molar-refractivity contribution in [2.24, 2.45) is 0 Å². The van der Waals surface area contributed by atoms with E-state index in [2.05, 4.69) is 15.5 Å². The summed E-state index contributed by atoms with van der Waals surface area (Å²) in [4.78, 5) is 38.0. The predicted molar refractivity (Wildman–Crippen MR) is 163 cm³/mol. The number of morpholine rings is 1. The molecule has 1 saturated heterocycles. The number of nitrogens with zero attached hydrogens (tertiary/aromatic N) is 4. The first-order chi connectivity index (χ1) is 20.9. The molecule has 0 saturated carbocycles. The average Bonchev–Trinajstić information content (AvgIpc) is 3.56. The molecule has 3 heterocycles. The highest BCUT2D eigenvalue weighted by Gasteiger charge is 2.19. The number of furan rings is 1. The van der Waals surface area contributed by atoms with Gasteiger partial charge in [-0.1, -0.05) is 6.07 Å². The number of benzene rings is 3. The van der Waals surface area contributed by atoms with Crippen molar-refractivity contribution >= 4 is 40.0 Å². The van der Waals surface area contributed by atoms with Gasteiger partial charge in [0.05, 0.1) is 30.6 Å². The molecule has 2 N–H and O–H groups in total. The van der Waals surface area contributed by atoms with Crippen molar-refractivity contribution in [3.8, 4) is 22.7 Å². The van der Waals surface area contributed by atoms with Gasteiger partial charge in [-0.15, -0.1) is 0 Å². The van der Waals surface area contributed by atoms with Crippen LogP contribution in [0.4, 0.5) is 26.4 Å². The number of halogens is 1. The van der Waals surface area contributed by atoms with Gasteiger partial charge in [0.25, 0.3) is 5.91 Å². The Balaban J connectivity index is 1.23. The van der Waals surface area contributed by atoms with E-state index in [1.807, 2.05) is 42.5 Å². The number of ether oxygens (including phenoxy) is 1. The minimum absolute atomic E-state index is 0.0728. The summed E-state index contributed by atoms with van der Waals surface area (Å²) in [5, 5.41) is 6.27. The Kier molecular flexibility index (Phi) is 7.71. The Hall–Kier alpha value is -5.29. The van der Waals surface area contributed by atoms with Crippen LogP contribution in [0.5, 0.6) is 0 Å². The summed E-state index contributed by atoms with van der Waals surface area (Å²) in [6, 6.07) is 20.3. The number of carbonyl (C=O) groups is 2. The van der Waals surface area contributed by atoms with Gasteiger partial charge in [-0.05, 0) is 66.7 Å². The van der Waals surface area contributed by atoms with E-state index in [1.54, 1.807) is 32.5 Å². The molecular formula is C32H29FN6O4. The molecule has 11 heteroatoms. The summed E-state index contributed by atoms with van der Waals surface area (Å²) in [5.41, 5.74) is 3.14. The summed E-state index contributed by atoms with van der Waals surface area (Å²) in [7, 11) is 3.08. The van der Waals surface area contributed by atoms with Crippen molar-refractivity contribution in [1.29, 1.82) is 0 Å². The van der Waals surface area contributed by atoms with Crippen LogP contribution in [0.1, 0.15) is 10.4 Å². The van der Waals surface area contributed by atoms with Crippen LogP contribution in [0.15, 0.2) is 83.5 Å². The Bertz CT molecular complexity index is 1780. The zero-order chi connectivity index (χ0) is 29.9. The number of rotatable bonds is 6. The minimum atomic E-state index is -0.719. The second-order valence-corrected chi connectivity index (χ2v) is 10.2. The molecule has 0 unspecified atom stereocenters. The summed E-state index contributed by atoms with van der Waals surface area (Å²) in [5.74, 6) is 0.957. The molecule has 1 aliphatic heterocycles. The molecule has 0 bridgehead atoms. The fourth-order valence-corrected chi connectivity index (χ4v) is 4.86. The molecule has 0 radical (unpaired) electrons. The topological polar surface area (TPSA) is 113 Å². The number of nitrogens with one attached hydrogen (secondary N) is 2. The molecule has 3 amide bonds. The standard InChI is InChI=1S/C32H29FN6O4/c1-38(2)31(40)24-12-10-23(19-26(24)33)35-32(41)34-22-8-5-20(6-9-22)29-36-27-18-21(28-4-3-15-43-28)7-11-25(27)30(37-29)39-13-16-42-17-14-39/h3-12,15,18-19H,13-14,16-17H2,1-2H3,(H2,34,35,41). The van der Waals surface area contributed by atoms with Gasteiger partial charge in [-0.3, -0.25) is 4.79 Å². The van der Waals surface area contributed by atoms with Crippen LogP contribution in [-0.4, -0.2) is 67.2 Å². The monoisotopic (exact) mass is 580 g/mol. The van der Waals surface area contributed by atoms with Gasteiger partial charge in [0.15, 0.2) is 5.82 Å². The molecule has 3 aromatic carbocycles. The molecule has 43 heavy (non-hydrogen) atoms. The van der Waals surface area contributed by atoms with Crippen LogP contribution in [0.2, 0.25) is 0 Å². The lowest BCUT2D eigenvalue weighted by molar-refractivity contribution is 0.0823. The predicted octanol–water partition coefficient (Wildman–Crippen LogP) is 5.88. The fourth-order valence-electron chi connectivity index (χ4n) is 4.86. The molecule has 2 aromatic heterocycles. The molecule has 6 rings (SSSR count). The first-order valence-corrected chi connectivity index (χ1v) is 13.7. The van der Waals surface area contributed by atoms with E-state index in [4.69, 9.17) is 19.1 Å². The van der Waals surface area contributed by atoms with Crippen LogP contribution < -0.4 is 15.5 Å². The zero-order valence-corrected chi connectivity index (χ0v) is 23.6. The molecule has 0 spiro atoms. The fraction of sp³-hybridized carbons (Fsp3) is 0.188. The molecule has 1 aliphatic rings. The lowest BCUT2D eigenvalue weighted by Gasteiger charge is -2.29. The van der Waals surface area contributed by atoms with Crippen LogP contribution in [0, 0.1) is 5.82 Å². The number of hydrogen-bond acceptors (Lipinski definition) is 7. The Labute approximate surface area is 247 Å². The number of carbonyl (C=O) groups excluding carboxylic acids is 2. The van der Waals surface area contributed by atoms with E-state index in [9.17, 15) is 14.0 Å². The Morgan fingerprint density at radius 2 is 1.60 bits per heavy atom. The summed E-state index contributed by atoms with van der Waals surface area (Å²) in [6.07, 6.45) is 1.64. The first kappa shape index (κ1) is 27.9. The largest absolute Gasteiger partial charge is 0.464 e. The van der Waals surface area contributed by atoms with Crippen molar-refractivity contribution in [2.75, 3.05) is 55.9 Å². The van der Waals surface area contributed by atoms with E-state index in [-0.39, 0.29) is 11.3 Å². The number of anilines is 3. The number of aromatic nitrogens is 2. The third-order valence-corrected chi connectivity index (χ3v) is 7.06. The highest BCUT2D eigenvalue weighted by Crippen LogP contribution is 2.32. The Morgan fingerprint density at radius 1 is 0.884 bits per heavy atom. The summed E-state index contributed by atoms with van der Waals surface area (Å²) < 4.78 is 25.6. The first-order valence-electron chi connectivity index (χ1n) is 13.7. The summed E-state index contributed by atoms with van der Waals surface area (Å²) in [6.45, 7) is 2.70. The second-order valence-electron chi connectivity index (χ2n) is 10.2. The zero-order valence-electron chi connectivity index (χ0n) is 23.6. The maximum absolute atomic E-state index is 14.4. The minimum Gasteiger partial charge on any atom is -0.464 e. The summed E-state index contributed by atoms with van der Waals surface area (Å²) >= 11 is 0. The highest BCUT2D eigenvalue weighted by atomic mass is 19.1. The van der Waals surface area contributed by atoms with Gasteiger partial charge < -0.3 is 29.6 Å². The quantitative estimate of drug-likeness (QED) is 0.258. The van der Waals surface area contributed by atoms with Gasteiger partial charge in [0.1, 0.15) is 17.4 Å². The van der Waals surface area contributed by atoms with Gasteiger partial charge in [0.2, 0.25) is 0 Å². The second kappa shape index (κ2) is 11.9.